The van der Waals surface area contributed by atoms with Gasteiger partial charge in [-0.15, -0.1) is 0 Å². The number of anilines is 2. The molecular weight excluding hydrogens is 288 g/mol. The molecule has 0 unspecified atom stereocenters. The van der Waals surface area contributed by atoms with Crippen molar-refractivity contribution in [2.75, 3.05) is 36.9 Å². The summed E-state index contributed by atoms with van der Waals surface area (Å²) in [4.78, 5) is 2.35. The van der Waals surface area contributed by atoms with Crippen molar-refractivity contribution in [1.82, 2.24) is 0 Å². The van der Waals surface area contributed by atoms with Gasteiger partial charge >= 0.3 is 0 Å². The van der Waals surface area contributed by atoms with E-state index in [0.29, 0.717) is 0 Å². The van der Waals surface area contributed by atoms with Gasteiger partial charge in [0.15, 0.2) is 0 Å². The predicted molar refractivity (Wildman–Crippen MR) is 94.5 cm³/mol. The second-order valence-corrected chi connectivity index (χ2v) is 5.88. The quantitative estimate of drug-likeness (QED) is 0.653. The minimum absolute atomic E-state index is 0.733. The number of rotatable bonds is 6. The summed E-state index contributed by atoms with van der Waals surface area (Å²) in [5.74, 6) is 1.92. The van der Waals surface area contributed by atoms with Gasteiger partial charge in [-0.05, 0) is 49.6 Å². The van der Waals surface area contributed by atoms with Crippen molar-refractivity contribution in [2.24, 2.45) is 0 Å². The molecule has 2 aromatic rings. The van der Waals surface area contributed by atoms with Crippen molar-refractivity contribution >= 4 is 11.4 Å². The van der Waals surface area contributed by atoms with E-state index < -0.39 is 0 Å². The number of aryl methyl sites for hydroxylation is 1. The van der Waals surface area contributed by atoms with Crippen LogP contribution >= 0.6 is 0 Å². The second-order valence-electron chi connectivity index (χ2n) is 5.88. The molecule has 0 saturated carbocycles. The molecule has 23 heavy (non-hydrogen) atoms. The summed E-state index contributed by atoms with van der Waals surface area (Å²) in [5.41, 5.74) is 8.97. The van der Waals surface area contributed by atoms with Gasteiger partial charge in [-0.3, -0.25) is 0 Å². The van der Waals surface area contributed by atoms with Crippen LogP contribution in [-0.4, -0.2) is 26.3 Å². The molecule has 0 bridgehead atoms. The van der Waals surface area contributed by atoms with Crippen LogP contribution in [0.1, 0.15) is 18.4 Å². The Morgan fingerprint density at radius 2 is 2.04 bits per heavy atom. The Morgan fingerprint density at radius 3 is 2.91 bits per heavy atom. The summed E-state index contributed by atoms with van der Waals surface area (Å²) in [5, 5.41) is 0. The molecule has 1 aliphatic rings. The Morgan fingerprint density at radius 1 is 1.17 bits per heavy atom. The standard InChI is InChI=1S/C19H24N2O2/c1-15-6-2-3-7-18(15)22-12-5-4-10-21-11-13-23-19-9-8-16(20)14-17(19)21/h2-3,6-9,14H,4-5,10-13,20H2,1H3. The maximum Gasteiger partial charge on any atom is 0.142 e. The Kier molecular flexibility index (Phi) is 4.91. The average molecular weight is 312 g/mol. The fraction of sp³-hybridized carbons (Fsp3) is 0.368. The highest BCUT2D eigenvalue weighted by molar-refractivity contribution is 5.65. The monoisotopic (exact) mass is 312 g/mol. The predicted octanol–water partition coefficient (Wildman–Crippen LogP) is 3.64. The molecule has 1 heterocycles. The smallest absolute Gasteiger partial charge is 0.142 e. The zero-order valence-corrected chi connectivity index (χ0v) is 13.6. The number of nitrogen functional groups attached to an aromatic ring is 1. The van der Waals surface area contributed by atoms with Crippen molar-refractivity contribution in [3.05, 3.63) is 48.0 Å². The van der Waals surface area contributed by atoms with E-state index in [2.05, 4.69) is 17.9 Å². The lowest BCUT2D eigenvalue weighted by Crippen LogP contribution is -2.33. The van der Waals surface area contributed by atoms with Crippen LogP contribution in [-0.2, 0) is 0 Å². The molecule has 0 aromatic heterocycles. The van der Waals surface area contributed by atoms with Crippen molar-refractivity contribution in [3.63, 3.8) is 0 Å². The molecule has 0 atom stereocenters. The summed E-state index contributed by atoms with van der Waals surface area (Å²) < 4.78 is 11.5. The molecule has 0 fully saturated rings. The van der Waals surface area contributed by atoms with Crippen LogP contribution in [0, 0.1) is 6.92 Å². The van der Waals surface area contributed by atoms with Crippen LogP contribution in [0.15, 0.2) is 42.5 Å². The molecule has 2 N–H and O–H groups in total. The van der Waals surface area contributed by atoms with Gasteiger partial charge in [0, 0.05) is 12.2 Å². The summed E-state index contributed by atoms with van der Waals surface area (Å²) in [6.45, 7) is 5.46. The minimum Gasteiger partial charge on any atom is -0.493 e. The van der Waals surface area contributed by atoms with Crippen LogP contribution in [0.25, 0.3) is 0 Å². The molecular formula is C19H24N2O2. The van der Waals surface area contributed by atoms with E-state index in [1.54, 1.807) is 0 Å². The number of ether oxygens (including phenoxy) is 2. The van der Waals surface area contributed by atoms with Crippen LogP contribution in [0.2, 0.25) is 0 Å². The first-order valence-corrected chi connectivity index (χ1v) is 8.20. The fourth-order valence-electron chi connectivity index (χ4n) is 2.83. The van der Waals surface area contributed by atoms with Gasteiger partial charge in [0.2, 0.25) is 0 Å². The van der Waals surface area contributed by atoms with E-state index in [-0.39, 0.29) is 0 Å². The average Bonchev–Trinajstić information content (AvgIpc) is 2.56. The van der Waals surface area contributed by atoms with Crippen LogP contribution in [0.3, 0.4) is 0 Å². The first kappa shape index (κ1) is 15.5. The van der Waals surface area contributed by atoms with Gasteiger partial charge in [-0.2, -0.15) is 0 Å². The van der Waals surface area contributed by atoms with Gasteiger partial charge in [0.05, 0.1) is 18.8 Å². The molecule has 0 saturated heterocycles. The van der Waals surface area contributed by atoms with Crippen molar-refractivity contribution in [1.29, 1.82) is 0 Å². The van der Waals surface area contributed by atoms with E-state index in [1.807, 2.05) is 36.4 Å². The van der Waals surface area contributed by atoms with Crippen LogP contribution in [0.4, 0.5) is 11.4 Å². The summed E-state index contributed by atoms with van der Waals surface area (Å²) in [6.07, 6.45) is 2.11. The molecule has 122 valence electrons. The van der Waals surface area contributed by atoms with Crippen LogP contribution in [0.5, 0.6) is 11.5 Å². The maximum absolute atomic E-state index is 5.90. The lowest BCUT2D eigenvalue weighted by molar-refractivity contribution is 0.296. The van der Waals surface area contributed by atoms with Gasteiger partial charge < -0.3 is 20.1 Å². The van der Waals surface area contributed by atoms with Crippen molar-refractivity contribution < 1.29 is 9.47 Å². The number of hydrogen-bond acceptors (Lipinski definition) is 4. The molecule has 3 rings (SSSR count). The number of nitrogens with zero attached hydrogens (tertiary/aromatic N) is 1. The third kappa shape index (κ3) is 3.89. The number of unbranched alkanes of at least 4 members (excludes halogenated alkanes) is 1. The summed E-state index contributed by atoms with van der Waals surface area (Å²) in [6, 6.07) is 14.0. The fourth-order valence-corrected chi connectivity index (χ4v) is 2.83. The zero-order valence-electron chi connectivity index (χ0n) is 13.6. The molecule has 0 amide bonds. The normalized spacial score (nSPS) is 13.3. The van der Waals surface area contributed by atoms with Gasteiger partial charge in [-0.1, -0.05) is 18.2 Å². The third-order valence-corrected chi connectivity index (χ3v) is 4.12. The van der Waals surface area contributed by atoms with E-state index in [0.717, 1.165) is 62.0 Å². The Labute approximate surface area is 137 Å². The SMILES string of the molecule is Cc1ccccc1OCCCCN1CCOc2ccc(N)cc21. The van der Waals surface area contributed by atoms with Crippen molar-refractivity contribution in [3.8, 4) is 11.5 Å². The van der Waals surface area contributed by atoms with Crippen molar-refractivity contribution in [2.45, 2.75) is 19.8 Å². The first-order valence-electron chi connectivity index (χ1n) is 8.20. The van der Waals surface area contributed by atoms with E-state index in [1.165, 1.54) is 5.56 Å². The second kappa shape index (κ2) is 7.27. The molecule has 4 heteroatoms. The Hall–Kier alpha value is -2.36. The number of nitrogens with two attached hydrogens (primary N) is 1. The van der Waals surface area contributed by atoms with E-state index in [9.17, 15) is 0 Å². The Balaban J connectivity index is 1.47. The lowest BCUT2D eigenvalue weighted by atomic mass is 10.2. The third-order valence-electron chi connectivity index (χ3n) is 4.12. The molecule has 4 nitrogen and oxygen atoms in total. The highest BCUT2D eigenvalue weighted by Gasteiger charge is 2.17. The number of hydrogen-bond donors (Lipinski definition) is 1. The lowest BCUT2D eigenvalue weighted by Gasteiger charge is -2.31. The highest BCUT2D eigenvalue weighted by Crippen LogP contribution is 2.33. The highest BCUT2D eigenvalue weighted by atomic mass is 16.5. The van der Waals surface area contributed by atoms with Gasteiger partial charge in [-0.25, -0.2) is 0 Å². The topological polar surface area (TPSA) is 47.7 Å². The first-order chi connectivity index (χ1) is 11.2. The molecule has 0 aliphatic carbocycles. The number of benzene rings is 2. The zero-order chi connectivity index (χ0) is 16.1. The molecule has 2 aromatic carbocycles. The molecule has 1 aliphatic heterocycles. The maximum atomic E-state index is 5.90. The van der Waals surface area contributed by atoms with Crippen LogP contribution < -0.4 is 20.1 Å². The molecule has 0 spiro atoms. The summed E-state index contributed by atoms with van der Waals surface area (Å²) in [7, 11) is 0. The number of fused-ring (bicyclic) bond motifs is 1. The largest absolute Gasteiger partial charge is 0.493 e. The van der Waals surface area contributed by atoms with E-state index >= 15 is 0 Å². The van der Waals surface area contributed by atoms with Gasteiger partial charge in [0.1, 0.15) is 18.1 Å². The minimum atomic E-state index is 0.733. The van der Waals surface area contributed by atoms with Gasteiger partial charge in [0.25, 0.3) is 0 Å². The number of para-hydroxylation sites is 1. The van der Waals surface area contributed by atoms with E-state index in [4.69, 9.17) is 15.2 Å². The summed E-state index contributed by atoms with van der Waals surface area (Å²) >= 11 is 0. The molecule has 0 radical (unpaired) electrons. The Bertz CT molecular complexity index is 658.